The van der Waals surface area contributed by atoms with Crippen LogP contribution >= 0.6 is 15.9 Å². The highest BCUT2D eigenvalue weighted by Crippen LogP contribution is 2.33. The largest absolute Gasteiger partial charge is 0.398 e. The van der Waals surface area contributed by atoms with Gasteiger partial charge in [-0.1, -0.05) is 0 Å². The van der Waals surface area contributed by atoms with Gasteiger partial charge in [0.1, 0.15) is 0 Å². The van der Waals surface area contributed by atoms with Gasteiger partial charge in [0.25, 0.3) is 0 Å². The molecule has 2 rings (SSSR count). The van der Waals surface area contributed by atoms with Crippen molar-refractivity contribution < 1.29 is 0 Å². The lowest BCUT2D eigenvalue weighted by molar-refractivity contribution is 1.10. The molecule has 0 fully saturated rings. The van der Waals surface area contributed by atoms with Crippen LogP contribution in [0.5, 0.6) is 0 Å². The van der Waals surface area contributed by atoms with E-state index in [0.29, 0.717) is 0 Å². The first-order valence-corrected chi connectivity index (χ1v) is 4.39. The van der Waals surface area contributed by atoms with Crippen LogP contribution in [0.4, 0.5) is 11.4 Å². The van der Waals surface area contributed by atoms with Crippen LogP contribution < -0.4 is 11.1 Å². The molecule has 1 aliphatic rings. The zero-order valence-corrected chi connectivity index (χ0v) is 7.61. The smallest absolute Gasteiger partial charge is 0.0462 e. The van der Waals surface area contributed by atoms with Crippen molar-refractivity contribution in [3.05, 3.63) is 22.2 Å². The Hall–Kier alpha value is -0.700. The molecule has 58 valence electrons. The van der Waals surface area contributed by atoms with E-state index < -0.39 is 0 Å². The van der Waals surface area contributed by atoms with Crippen LogP contribution in [0.25, 0.3) is 0 Å². The molecule has 1 aromatic rings. The topological polar surface area (TPSA) is 38.0 Å². The van der Waals surface area contributed by atoms with E-state index in [1.807, 2.05) is 12.1 Å². The highest BCUT2D eigenvalue weighted by Gasteiger charge is 2.13. The second-order valence-corrected chi connectivity index (χ2v) is 3.46. The molecule has 1 heterocycles. The third-order valence-corrected chi connectivity index (χ3v) is 2.90. The van der Waals surface area contributed by atoms with Crippen molar-refractivity contribution in [3.63, 3.8) is 0 Å². The zero-order valence-electron chi connectivity index (χ0n) is 6.02. The third kappa shape index (κ3) is 0.997. The fraction of sp³-hybridized carbons (Fsp3) is 0.250. The third-order valence-electron chi connectivity index (χ3n) is 1.96. The van der Waals surface area contributed by atoms with E-state index in [1.165, 1.54) is 11.3 Å². The lowest BCUT2D eigenvalue weighted by atomic mass is 10.1. The average molecular weight is 213 g/mol. The molecule has 3 heteroatoms. The molecule has 0 spiro atoms. The summed E-state index contributed by atoms with van der Waals surface area (Å²) in [6.07, 6.45) is 1.07. The highest BCUT2D eigenvalue weighted by molar-refractivity contribution is 9.10. The Balaban J connectivity index is 2.62. The summed E-state index contributed by atoms with van der Waals surface area (Å²) in [7, 11) is 0. The van der Waals surface area contributed by atoms with Gasteiger partial charge in [0, 0.05) is 22.4 Å². The Bertz CT molecular complexity index is 296. The number of hydrogen-bond acceptors (Lipinski definition) is 2. The number of nitrogen functional groups attached to an aromatic ring is 1. The molecule has 0 radical (unpaired) electrons. The minimum Gasteiger partial charge on any atom is -0.398 e. The fourth-order valence-corrected chi connectivity index (χ4v) is 1.92. The van der Waals surface area contributed by atoms with Gasteiger partial charge in [-0.3, -0.25) is 0 Å². The van der Waals surface area contributed by atoms with E-state index in [4.69, 9.17) is 5.73 Å². The molecule has 2 nitrogen and oxygen atoms in total. The van der Waals surface area contributed by atoms with Crippen LogP contribution in [-0.2, 0) is 6.42 Å². The van der Waals surface area contributed by atoms with Crippen LogP contribution in [0, 0.1) is 0 Å². The normalized spacial score (nSPS) is 14.3. The summed E-state index contributed by atoms with van der Waals surface area (Å²) in [6.45, 7) is 1.03. The van der Waals surface area contributed by atoms with Crippen molar-refractivity contribution in [1.82, 2.24) is 0 Å². The SMILES string of the molecule is Nc1ccc2c(c1Br)CCN2. The van der Waals surface area contributed by atoms with Gasteiger partial charge in [-0.2, -0.15) is 0 Å². The van der Waals surface area contributed by atoms with E-state index >= 15 is 0 Å². The number of hydrogen-bond donors (Lipinski definition) is 2. The van der Waals surface area contributed by atoms with E-state index in [-0.39, 0.29) is 0 Å². The molecule has 0 saturated carbocycles. The van der Waals surface area contributed by atoms with E-state index in [2.05, 4.69) is 21.2 Å². The Morgan fingerprint density at radius 3 is 3.09 bits per heavy atom. The molecular weight excluding hydrogens is 204 g/mol. The van der Waals surface area contributed by atoms with E-state index in [1.54, 1.807) is 0 Å². The Morgan fingerprint density at radius 2 is 2.27 bits per heavy atom. The molecule has 0 aliphatic carbocycles. The molecular formula is C8H9BrN2. The maximum absolute atomic E-state index is 5.72. The molecule has 0 unspecified atom stereocenters. The number of nitrogens with one attached hydrogen (secondary N) is 1. The van der Waals surface area contributed by atoms with Crippen LogP contribution in [0.2, 0.25) is 0 Å². The predicted octanol–water partition coefficient (Wildman–Crippen LogP) is 2.00. The Morgan fingerprint density at radius 1 is 1.45 bits per heavy atom. The van der Waals surface area contributed by atoms with Gasteiger partial charge in [0.15, 0.2) is 0 Å². The predicted molar refractivity (Wildman–Crippen MR) is 50.7 cm³/mol. The van der Waals surface area contributed by atoms with Gasteiger partial charge in [0.05, 0.1) is 0 Å². The number of anilines is 2. The van der Waals surface area contributed by atoms with Crippen LogP contribution in [0.1, 0.15) is 5.56 Å². The minimum atomic E-state index is 0.826. The number of fused-ring (bicyclic) bond motifs is 1. The van der Waals surface area contributed by atoms with Crippen LogP contribution in [-0.4, -0.2) is 6.54 Å². The van der Waals surface area contributed by atoms with Crippen LogP contribution in [0.15, 0.2) is 16.6 Å². The van der Waals surface area contributed by atoms with Gasteiger partial charge in [-0.25, -0.2) is 0 Å². The maximum Gasteiger partial charge on any atom is 0.0462 e. The number of benzene rings is 1. The monoisotopic (exact) mass is 212 g/mol. The number of nitrogens with two attached hydrogens (primary N) is 1. The summed E-state index contributed by atoms with van der Waals surface area (Å²) >= 11 is 3.47. The van der Waals surface area contributed by atoms with Gasteiger partial charge >= 0.3 is 0 Å². The van der Waals surface area contributed by atoms with Crippen molar-refractivity contribution in [2.75, 3.05) is 17.6 Å². The van der Waals surface area contributed by atoms with Crippen LogP contribution in [0.3, 0.4) is 0 Å². The first-order valence-electron chi connectivity index (χ1n) is 3.60. The lowest BCUT2D eigenvalue weighted by Gasteiger charge is -2.03. The minimum absolute atomic E-state index is 0.826. The molecule has 1 aromatic carbocycles. The molecule has 0 atom stereocenters. The lowest BCUT2D eigenvalue weighted by Crippen LogP contribution is -1.90. The fourth-order valence-electron chi connectivity index (χ4n) is 1.37. The molecule has 0 saturated heterocycles. The number of halogens is 1. The van der Waals surface area contributed by atoms with Gasteiger partial charge in [-0.05, 0) is 40.0 Å². The van der Waals surface area contributed by atoms with Crippen molar-refractivity contribution in [3.8, 4) is 0 Å². The summed E-state index contributed by atoms with van der Waals surface area (Å²) in [5.74, 6) is 0. The van der Waals surface area contributed by atoms with E-state index in [0.717, 1.165) is 23.1 Å². The highest BCUT2D eigenvalue weighted by atomic mass is 79.9. The van der Waals surface area contributed by atoms with Crippen molar-refractivity contribution >= 4 is 27.3 Å². The first kappa shape index (κ1) is 6.98. The van der Waals surface area contributed by atoms with Crippen molar-refractivity contribution in [2.24, 2.45) is 0 Å². The molecule has 3 N–H and O–H groups in total. The maximum atomic E-state index is 5.72. The first-order chi connectivity index (χ1) is 5.29. The second kappa shape index (κ2) is 2.41. The zero-order chi connectivity index (χ0) is 7.84. The van der Waals surface area contributed by atoms with Crippen molar-refractivity contribution in [1.29, 1.82) is 0 Å². The van der Waals surface area contributed by atoms with Gasteiger partial charge < -0.3 is 11.1 Å². The average Bonchev–Trinajstić information content (AvgIpc) is 2.45. The van der Waals surface area contributed by atoms with Gasteiger partial charge in [0.2, 0.25) is 0 Å². The summed E-state index contributed by atoms with van der Waals surface area (Å²) in [4.78, 5) is 0. The molecule has 0 amide bonds. The molecule has 11 heavy (non-hydrogen) atoms. The summed E-state index contributed by atoms with van der Waals surface area (Å²) in [6, 6.07) is 3.95. The quantitative estimate of drug-likeness (QED) is 0.647. The molecule has 0 bridgehead atoms. The molecule has 1 aliphatic heterocycles. The Kier molecular flexibility index (Phi) is 1.53. The summed E-state index contributed by atoms with van der Waals surface area (Å²) in [5.41, 5.74) is 9.07. The number of rotatable bonds is 0. The Labute approximate surface area is 73.9 Å². The standard InChI is InChI=1S/C8H9BrN2/c9-8-5-3-4-11-7(5)2-1-6(8)10/h1-2,11H,3-4,10H2. The van der Waals surface area contributed by atoms with E-state index in [9.17, 15) is 0 Å². The van der Waals surface area contributed by atoms with Crippen molar-refractivity contribution in [2.45, 2.75) is 6.42 Å². The second-order valence-electron chi connectivity index (χ2n) is 2.67. The summed E-state index contributed by atoms with van der Waals surface area (Å²) < 4.78 is 1.06. The molecule has 0 aromatic heterocycles. The summed E-state index contributed by atoms with van der Waals surface area (Å²) in [5, 5.41) is 3.28. The van der Waals surface area contributed by atoms with Gasteiger partial charge in [-0.15, -0.1) is 0 Å².